The first-order valence-corrected chi connectivity index (χ1v) is 11.2. The Balaban J connectivity index is 1.41. The molecule has 35 heavy (non-hydrogen) atoms. The molecule has 2 heterocycles. The Hall–Kier alpha value is -3.34. The molecule has 0 aliphatic heterocycles. The molecule has 7 nitrogen and oxygen atoms in total. The number of hydrogen-bond donors (Lipinski definition) is 3. The second kappa shape index (κ2) is 8.71. The van der Waals surface area contributed by atoms with Crippen LogP contribution in [-0.2, 0) is 18.6 Å². The monoisotopic (exact) mass is 504 g/mol. The molecule has 0 radical (unpaired) electrons. The number of aromatic nitrogens is 3. The maximum Gasteiger partial charge on any atom is 0.421 e. The van der Waals surface area contributed by atoms with Crippen molar-refractivity contribution in [1.29, 1.82) is 0 Å². The number of benzene rings is 2. The van der Waals surface area contributed by atoms with Gasteiger partial charge in [-0.3, -0.25) is 0 Å². The molecular formula is C24H20ClF3N4O3. The average molecular weight is 505 g/mol. The molecule has 2 aromatic heterocycles. The summed E-state index contributed by atoms with van der Waals surface area (Å²) in [6, 6.07) is 11.0. The molecule has 5 rings (SSSR count). The smallest absolute Gasteiger partial charge is 0.421 e. The van der Waals surface area contributed by atoms with E-state index < -0.39 is 18.2 Å². The highest BCUT2D eigenvalue weighted by Gasteiger charge is 2.58. The molecule has 182 valence electrons. The Morgan fingerprint density at radius 2 is 1.97 bits per heavy atom. The van der Waals surface area contributed by atoms with Gasteiger partial charge in [-0.15, -0.1) is 0 Å². The van der Waals surface area contributed by atoms with Crippen molar-refractivity contribution < 1.29 is 28.1 Å². The van der Waals surface area contributed by atoms with Crippen LogP contribution in [0.1, 0.15) is 17.5 Å². The molecule has 1 atom stereocenters. The quantitative estimate of drug-likeness (QED) is 0.329. The van der Waals surface area contributed by atoms with Crippen LogP contribution in [0.4, 0.5) is 24.7 Å². The van der Waals surface area contributed by atoms with E-state index in [2.05, 4.69) is 15.3 Å². The molecule has 0 saturated carbocycles. The molecule has 0 saturated heterocycles. The number of fused-ring (bicyclic) bond motifs is 2. The minimum absolute atomic E-state index is 0.0238. The summed E-state index contributed by atoms with van der Waals surface area (Å²) < 4.78 is 48.1. The van der Waals surface area contributed by atoms with Gasteiger partial charge in [0.25, 0.3) is 0 Å². The van der Waals surface area contributed by atoms with Crippen LogP contribution in [-0.4, -0.2) is 37.5 Å². The van der Waals surface area contributed by atoms with Crippen molar-refractivity contribution in [1.82, 2.24) is 14.5 Å². The van der Waals surface area contributed by atoms with Gasteiger partial charge in [0.15, 0.2) is 11.4 Å². The SMILES string of the molecule is OCCn1ccc2ncnc(Nc3ccc(Oc4cccc5c4CCC5(O)C(F)(F)F)c(Cl)c3)c21. The Morgan fingerprint density at radius 3 is 2.71 bits per heavy atom. The minimum atomic E-state index is -4.79. The van der Waals surface area contributed by atoms with E-state index >= 15 is 0 Å². The normalized spacial score (nSPS) is 17.5. The Labute approximate surface area is 202 Å². The second-order valence-corrected chi connectivity index (χ2v) is 8.61. The lowest BCUT2D eigenvalue weighted by molar-refractivity contribution is -0.265. The van der Waals surface area contributed by atoms with Gasteiger partial charge in [-0.1, -0.05) is 23.7 Å². The number of rotatable bonds is 6. The van der Waals surface area contributed by atoms with Crippen LogP contribution in [0.15, 0.2) is 55.0 Å². The summed E-state index contributed by atoms with van der Waals surface area (Å²) in [6.07, 6.45) is -2.00. The lowest BCUT2D eigenvalue weighted by Crippen LogP contribution is -2.40. The molecule has 1 unspecified atom stereocenters. The van der Waals surface area contributed by atoms with E-state index in [1.165, 1.54) is 18.5 Å². The van der Waals surface area contributed by atoms with Gasteiger partial charge in [0.05, 0.1) is 17.1 Å². The summed E-state index contributed by atoms with van der Waals surface area (Å²) >= 11 is 6.44. The highest BCUT2D eigenvalue weighted by Crippen LogP contribution is 2.50. The fourth-order valence-electron chi connectivity index (χ4n) is 4.38. The maximum atomic E-state index is 13.5. The van der Waals surface area contributed by atoms with Crippen molar-refractivity contribution in [3.8, 4) is 11.5 Å². The molecule has 3 N–H and O–H groups in total. The molecule has 2 aromatic carbocycles. The van der Waals surface area contributed by atoms with Crippen LogP contribution in [0.2, 0.25) is 5.02 Å². The van der Waals surface area contributed by atoms with Crippen molar-refractivity contribution in [2.24, 2.45) is 0 Å². The average Bonchev–Trinajstić information content (AvgIpc) is 3.39. The fourth-order valence-corrected chi connectivity index (χ4v) is 4.60. The summed E-state index contributed by atoms with van der Waals surface area (Å²) in [6.45, 7) is 0.337. The largest absolute Gasteiger partial charge is 0.456 e. The number of alkyl halides is 3. The Morgan fingerprint density at radius 1 is 1.14 bits per heavy atom. The lowest BCUT2D eigenvalue weighted by atomic mass is 9.95. The summed E-state index contributed by atoms with van der Waals surface area (Å²) in [5.74, 6) is 0.986. The minimum Gasteiger partial charge on any atom is -0.456 e. The Bertz CT molecular complexity index is 1410. The van der Waals surface area contributed by atoms with Crippen LogP contribution in [0.5, 0.6) is 11.5 Å². The molecule has 0 bridgehead atoms. The van der Waals surface area contributed by atoms with Gasteiger partial charge in [0.1, 0.15) is 23.3 Å². The third kappa shape index (κ3) is 4.07. The zero-order valence-electron chi connectivity index (χ0n) is 18.2. The van der Waals surface area contributed by atoms with Gasteiger partial charge in [0, 0.05) is 24.0 Å². The number of ether oxygens (including phenoxy) is 1. The first kappa shape index (κ1) is 23.4. The topological polar surface area (TPSA) is 92.4 Å². The zero-order chi connectivity index (χ0) is 24.8. The van der Waals surface area contributed by atoms with Gasteiger partial charge in [-0.05, 0) is 48.7 Å². The maximum absolute atomic E-state index is 13.5. The summed E-state index contributed by atoms with van der Waals surface area (Å²) in [5, 5.41) is 23.0. The number of hydrogen-bond acceptors (Lipinski definition) is 6. The highest BCUT2D eigenvalue weighted by molar-refractivity contribution is 6.32. The molecular weight excluding hydrogens is 485 g/mol. The van der Waals surface area contributed by atoms with E-state index in [1.54, 1.807) is 24.3 Å². The number of aliphatic hydroxyl groups excluding tert-OH is 1. The number of nitrogens with one attached hydrogen (secondary N) is 1. The summed E-state index contributed by atoms with van der Waals surface area (Å²) in [5.41, 5.74) is -0.762. The molecule has 11 heteroatoms. The predicted octanol–water partition coefficient (Wildman–Crippen LogP) is 5.31. The van der Waals surface area contributed by atoms with Crippen molar-refractivity contribution in [3.63, 3.8) is 0 Å². The van der Waals surface area contributed by atoms with Crippen LogP contribution in [0.3, 0.4) is 0 Å². The molecule has 1 aliphatic carbocycles. The van der Waals surface area contributed by atoms with Crippen molar-refractivity contribution in [2.45, 2.75) is 31.2 Å². The first-order chi connectivity index (χ1) is 16.7. The standard InChI is InChI=1S/C24H20ClF3N4O3/c25-17-12-14(31-22-21-18(29-13-30-22)7-9-32(21)10-11-33)4-5-20(17)35-19-3-1-2-16-15(19)6-8-23(16,34)24(26,27)28/h1-5,7,9,12-13,33-34H,6,8,10-11H2,(H,29,30,31). The molecule has 0 fully saturated rings. The van der Waals surface area contributed by atoms with Crippen molar-refractivity contribution in [2.75, 3.05) is 11.9 Å². The lowest BCUT2D eigenvalue weighted by Gasteiger charge is -2.27. The zero-order valence-corrected chi connectivity index (χ0v) is 18.9. The number of nitrogens with zero attached hydrogens (tertiary/aromatic N) is 3. The molecule has 4 aromatic rings. The van der Waals surface area contributed by atoms with E-state index in [0.29, 0.717) is 29.1 Å². The van der Waals surface area contributed by atoms with Crippen LogP contribution < -0.4 is 10.1 Å². The van der Waals surface area contributed by atoms with Crippen LogP contribution in [0, 0.1) is 0 Å². The predicted molar refractivity (Wildman–Crippen MR) is 124 cm³/mol. The van der Waals surface area contributed by atoms with Gasteiger partial charge in [-0.2, -0.15) is 13.2 Å². The number of anilines is 2. The van der Waals surface area contributed by atoms with Crippen LogP contribution >= 0.6 is 11.6 Å². The van der Waals surface area contributed by atoms with Crippen molar-refractivity contribution in [3.05, 3.63) is 71.1 Å². The first-order valence-electron chi connectivity index (χ1n) is 10.8. The highest BCUT2D eigenvalue weighted by atomic mass is 35.5. The van der Waals surface area contributed by atoms with Gasteiger partial charge in [0.2, 0.25) is 0 Å². The van der Waals surface area contributed by atoms with E-state index in [4.69, 9.17) is 16.3 Å². The van der Waals surface area contributed by atoms with E-state index in [9.17, 15) is 23.4 Å². The summed E-state index contributed by atoms with van der Waals surface area (Å²) in [4.78, 5) is 8.53. The molecule has 0 spiro atoms. The van der Waals surface area contributed by atoms with Crippen molar-refractivity contribution >= 4 is 34.1 Å². The van der Waals surface area contributed by atoms with Crippen LogP contribution in [0.25, 0.3) is 11.0 Å². The summed E-state index contributed by atoms with van der Waals surface area (Å²) in [7, 11) is 0. The van der Waals surface area contributed by atoms with E-state index in [-0.39, 0.29) is 35.1 Å². The second-order valence-electron chi connectivity index (χ2n) is 8.20. The number of aliphatic hydroxyl groups is 2. The molecule has 0 amide bonds. The fraction of sp³-hybridized carbons (Fsp3) is 0.250. The van der Waals surface area contributed by atoms with Gasteiger partial charge >= 0.3 is 6.18 Å². The molecule has 1 aliphatic rings. The third-order valence-corrected chi connectivity index (χ3v) is 6.39. The third-order valence-electron chi connectivity index (χ3n) is 6.09. The number of halogens is 4. The van der Waals surface area contributed by atoms with Gasteiger partial charge < -0.3 is 24.8 Å². The van der Waals surface area contributed by atoms with Gasteiger partial charge in [-0.25, -0.2) is 9.97 Å². The van der Waals surface area contributed by atoms with E-state index in [1.807, 2.05) is 16.8 Å². The Kier molecular flexibility index (Phi) is 5.82. The van der Waals surface area contributed by atoms with E-state index in [0.717, 1.165) is 5.52 Å².